The predicted octanol–water partition coefficient (Wildman–Crippen LogP) is 3.67. The number of methoxy groups -OCH3 is 2. The molecule has 0 aliphatic carbocycles. The van der Waals surface area contributed by atoms with Crippen LogP contribution in [0.4, 0.5) is 5.69 Å². The summed E-state index contributed by atoms with van der Waals surface area (Å²) < 4.78 is 10.8. The highest BCUT2D eigenvalue weighted by Gasteiger charge is 2.33. The molecule has 1 N–H and O–H groups in total. The third kappa shape index (κ3) is 3.43. The third-order valence-electron chi connectivity index (χ3n) is 6.06. The van der Waals surface area contributed by atoms with Gasteiger partial charge in [0, 0.05) is 18.7 Å². The van der Waals surface area contributed by atoms with E-state index in [1.807, 2.05) is 48.2 Å². The van der Waals surface area contributed by atoms with Gasteiger partial charge in [0.2, 0.25) is 11.8 Å². The van der Waals surface area contributed by atoms with E-state index in [1.165, 1.54) is 5.56 Å². The van der Waals surface area contributed by atoms with Crippen LogP contribution in [0, 0.1) is 0 Å². The summed E-state index contributed by atoms with van der Waals surface area (Å²) in [5.74, 6) is 1.19. The van der Waals surface area contributed by atoms with Crippen LogP contribution in [0.25, 0.3) is 0 Å². The van der Waals surface area contributed by atoms with E-state index in [0.717, 1.165) is 23.2 Å². The summed E-state index contributed by atoms with van der Waals surface area (Å²) in [6.45, 7) is 2.70. The van der Waals surface area contributed by atoms with Gasteiger partial charge in [0.05, 0.1) is 26.2 Å². The lowest BCUT2D eigenvalue weighted by atomic mass is 9.91. The number of nitrogens with one attached hydrogen (secondary N) is 1. The van der Waals surface area contributed by atoms with Gasteiger partial charge in [0.1, 0.15) is 0 Å². The highest BCUT2D eigenvalue weighted by atomic mass is 16.5. The van der Waals surface area contributed by atoms with Crippen molar-refractivity contribution in [3.8, 4) is 11.5 Å². The van der Waals surface area contributed by atoms with Crippen LogP contribution in [-0.4, -0.2) is 37.5 Å². The van der Waals surface area contributed by atoms with Crippen molar-refractivity contribution in [2.45, 2.75) is 38.1 Å². The van der Waals surface area contributed by atoms with Crippen molar-refractivity contribution < 1.29 is 19.1 Å². The van der Waals surface area contributed by atoms with E-state index in [-0.39, 0.29) is 23.8 Å². The van der Waals surface area contributed by atoms with Crippen LogP contribution in [0.15, 0.2) is 36.4 Å². The molecule has 29 heavy (non-hydrogen) atoms. The van der Waals surface area contributed by atoms with Crippen molar-refractivity contribution in [2.75, 3.05) is 26.1 Å². The second-order valence-electron chi connectivity index (χ2n) is 7.59. The van der Waals surface area contributed by atoms with E-state index < -0.39 is 0 Å². The van der Waals surface area contributed by atoms with Crippen molar-refractivity contribution >= 4 is 17.5 Å². The summed E-state index contributed by atoms with van der Waals surface area (Å²) in [7, 11) is 3.24. The summed E-state index contributed by atoms with van der Waals surface area (Å²) in [6, 6.07) is 11.6. The Kier molecular flexibility index (Phi) is 5.18. The monoisotopic (exact) mass is 394 g/mol. The first-order valence-corrected chi connectivity index (χ1v) is 9.97. The van der Waals surface area contributed by atoms with Crippen LogP contribution in [0.2, 0.25) is 0 Å². The Labute approximate surface area is 170 Å². The minimum atomic E-state index is -0.258. The molecule has 2 aliphatic rings. The molecular weight excluding hydrogens is 368 g/mol. The number of amides is 2. The first kappa shape index (κ1) is 19.3. The molecule has 2 aromatic rings. The number of hydrogen-bond donors (Lipinski definition) is 1. The van der Waals surface area contributed by atoms with E-state index in [0.29, 0.717) is 30.9 Å². The van der Waals surface area contributed by atoms with Gasteiger partial charge in [-0.1, -0.05) is 18.2 Å². The fraction of sp³-hybridized carbons (Fsp3) is 0.391. The highest BCUT2D eigenvalue weighted by Crippen LogP contribution is 2.39. The molecule has 6 nitrogen and oxygen atoms in total. The molecule has 0 saturated heterocycles. The molecule has 2 amide bonds. The van der Waals surface area contributed by atoms with Gasteiger partial charge in [-0.15, -0.1) is 0 Å². The Morgan fingerprint density at radius 2 is 1.86 bits per heavy atom. The average molecular weight is 394 g/mol. The van der Waals surface area contributed by atoms with Crippen molar-refractivity contribution in [3.05, 3.63) is 53.1 Å². The normalized spacial score (nSPS) is 20.0. The molecule has 2 atom stereocenters. The summed E-state index contributed by atoms with van der Waals surface area (Å²) >= 11 is 0. The molecule has 0 bridgehead atoms. The second-order valence-corrected chi connectivity index (χ2v) is 7.59. The van der Waals surface area contributed by atoms with Crippen LogP contribution in [0.5, 0.6) is 11.5 Å². The van der Waals surface area contributed by atoms with Gasteiger partial charge < -0.3 is 19.7 Å². The molecular formula is C23H26N2O4. The number of hydrogen-bond acceptors (Lipinski definition) is 4. The maximum Gasteiger partial charge on any atom is 0.232 e. The molecule has 2 aliphatic heterocycles. The Bertz CT molecular complexity index is 956. The minimum Gasteiger partial charge on any atom is -0.493 e. The summed E-state index contributed by atoms with van der Waals surface area (Å²) in [5, 5.41) is 2.91. The number of benzene rings is 2. The van der Waals surface area contributed by atoms with Crippen molar-refractivity contribution in [2.24, 2.45) is 0 Å². The number of carbonyl (C=O) groups is 2. The van der Waals surface area contributed by atoms with Crippen LogP contribution in [0.3, 0.4) is 0 Å². The lowest BCUT2D eigenvalue weighted by molar-refractivity contribution is -0.134. The predicted molar refractivity (Wildman–Crippen MR) is 110 cm³/mol. The highest BCUT2D eigenvalue weighted by molar-refractivity contribution is 6.03. The number of ether oxygens (including phenoxy) is 2. The van der Waals surface area contributed by atoms with Gasteiger partial charge in [-0.3, -0.25) is 9.59 Å². The number of para-hydroxylation sites is 1. The molecule has 0 radical (unpaired) electrons. The fourth-order valence-electron chi connectivity index (χ4n) is 4.46. The smallest absolute Gasteiger partial charge is 0.232 e. The molecule has 0 spiro atoms. The zero-order chi connectivity index (χ0) is 20.5. The summed E-state index contributed by atoms with van der Waals surface area (Å²) in [6.07, 6.45) is 1.64. The minimum absolute atomic E-state index is 0.0205. The number of nitrogens with zero attached hydrogens (tertiary/aromatic N) is 1. The SMILES string of the molecule is COc1cc2c(cc1OC)C(C)N(C(=O)CCC1C(=O)Nc3ccccc31)CC2. The summed E-state index contributed by atoms with van der Waals surface area (Å²) in [5.41, 5.74) is 4.12. The third-order valence-corrected chi connectivity index (χ3v) is 6.06. The van der Waals surface area contributed by atoms with Crippen LogP contribution < -0.4 is 14.8 Å². The molecule has 6 heteroatoms. The molecule has 4 rings (SSSR count). The number of anilines is 1. The maximum absolute atomic E-state index is 13.0. The van der Waals surface area contributed by atoms with E-state index in [4.69, 9.17) is 9.47 Å². The molecule has 0 fully saturated rings. The molecule has 2 heterocycles. The number of fused-ring (bicyclic) bond motifs is 2. The van der Waals surface area contributed by atoms with Gasteiger partial charge in [-0.25, -0.2) is 0 Å². The van der Waals surface area contributed by atoms with Crippen LogP contribution >= 0.6 is 0 Å². The number of rotatable bonds is 5. The lowest BCUT2D eigenvalue weighted by Crippen LogP contribution is -2.39. The zero-order valence-corrected chi connectivity index (χ0v) is 17.0. The van der Waals surface area contributed by atoms with Crippen LogP contribution in [0.1, 0.15) is 48.4 Å². The Hall–Kier alpha value is -3.02. The molecule has 0 aromatic heterocycles. The van der Waals surface area contributed by atoms with Crippen molar-refractivity contribution in [1.82, 2.24) is 4.90 Å². The quantitative estimate of drug-likeness (QED) is 0.840. The topological polar surface area (TPSA) is 67.9 Å². The second kappa shape index (κ2) is 7.78. The largest absolute Gasteiger partial charge is 0.493 e. The Balaban J connectivity index is 1.47. The molecule has 152 valence electrons. The van der Waals surface area contributed by atoms with Gasteiger partial charge in [-0.05, 0) is 54.7 Å². The fourth-order valence-corrected chi connectivity index (χ4v) is 4.46. The van der Waals surface area contributed by atoms with E-state index in [2.05, 4.69) is 5.32 Å². The summed E-state index contributed by atoms with van der Waals surface area (Å²) in [4.78, 5) is 27.2. The Morgan fingerprint density at radius 1 is 1.14 bits per heavy atom. The van der Waals surface area contributed by atoms with Gasteiger partial charge in [0.25, 0.3) is 0 Å². The first-order valence-electron chi connectivity index (χ1n) is 9.97. The molecule has 2 unspecified atom stereocenters. The van der Waals surface area contributed by atoms with Crippen molar-refractivity contribution in [1.29, 1.82) is 0 Å². The molecule has 0 saturated carbocycles. The standard InChI is InChI=1S/C23H26N2O4/c1-14-18-13-21(29-3)20(28-2)12-15(18)10-11-25(14)22(26)9-8-17-16-6-4-5-7-19(16)24-23(17)27/h4-7,12-14,17H,8-11H2,1-3H3,(H,24,27). The first-order chi connectivity index (χ1) is 14.0. The van der Waals surface area contributed by atoms with E-state index in [9.17, 15) is 9.59 Å². The van der Waals surface area contributed by atoms with Crippen molar-refractivity contribution in [3.63, 3.8) is 0 Å². The lowest BCUT2D eigenvalue weighted by Gasteiger charge is -2.36. The Morgan fingerprint density at radius 3 is 2.62 bits per heavy atom. The average Bonchev–Trinajstić information content (AvgIpc) is 3.06. The van der Waals surface area contributed by atoms with Gasteiger partial charge in [-0.2, -0.15) is 0 Å². The van der Waals surface area contributed by atoms with E-state index in [1.54, 1.807) is 14.2 Å². The zero-order valence-electron chi connectivity index (χ0n) is 17.0. The maximum atomic E-state index is 13.0. The van der Waals surface area contributed by atoms with Gasteiger partial charge in [0.15, 0.2) is 11.5 Å². The number of carbonyl (C=O) groups excluding carboxylic acids is 2. The van der Waals surface area contributed by atoms with E-state index >= 15 is 0 Å². The van der Waals surface area contributed by atoms with Gasteiger partial charge >= 0.3 is 0 Å². The van der Waals surface area contributed by atoms with Crippen LogP contribution in [-0.2, 0) is 16.0 Å². The molecule has 2 aromatic carbocycles.